The first-order valence-electron chi connectivity index (χ1n) is 5.42. The summed E-state index contributed by atoms with van der Waals surface area (Å²) in [6, 6.07) is 4.26. The maximum absolute atomic E-state index is 6.08. The van der Waals surface area contributed by atoms with Gasteiger partial charge in [-0.05, 0) is 36.6 Å². The van der Waals surface area contributed by atoms with Gasteiger partial charge in [-0.3, -0.25) is 0 Å². The van der Waals surface area contributed by atoms with E-state index in [-0.39, 0.29) is 5.41 Å². The molecule has 0 aliphatic carbocycles. The standard InChI is InChI=1S/C13H17ClO2/c1-9-5-12(15-3)10(2)4-11(9)13(6-14)7-16-8-13/h4-5H,6-8H2,1-3H3. The van der Waals surface area contributed by atoms with Crippen LogP contribution in [-0.2, 0) is 10.2 Å². The fourth-order valence-electron chi connectivity index (χ4n) is 2.23. The third-order valence-electron chi connectivity index (χ3n) is 3.33. The predicted molar refractivity (Wildman–Crippen MR) is 65.7 cm³/mol. The van der Waals surface area contributed by atoms with Crippen LogP contribution in [0.5, 0.6) is 5.75 Å². The Morgan fingerprint density at radius 1 is 1.31 bits per heavy atom. The number of aryl methyl sites for hydroxylation is 2. The number of benzene rings is 1. The van der Waals surface area contributed by atoms with Crippen molar-refractivity contribution in [2.45, 2.75) is 19.3 Å². The van der Waals surface area contributed by atoms with Crippen molar-refractivity contribution in [3.8, 4) is 5.75 Å². The summed E-state index contributed by atoms with van der Waals surface area (Å²) in [5.74, 6) is 1.55. The molecule has 2 rings (SSSR count). The summed E-state index contributed by atoms with van der Waals surface area (Å²) in [7, 11) is 1.70. The number of hydrogen-bond donors (Lipinski definition) is 0. The average Bonchev–Trinajstić information content (AvgIpc) is 2.22. The Balaban J connectivity index is 2.45. The molecule has 0 bridgehead atoms. The summed E-state index contributed by atoms with van der Waals surface area (Å²) < 4.78 is 10.6. The van der Waals surface area contributed by atoms with Crippen LogP contribution in [0.15, 0.2) is 12.1 Å². The highest BCUT2D eigenvalue weighted by atomic mass is 35.5. The Hall–Kier alpha value is -0.730. The fraction of sp³-hybridized carbons (Fsp3) is 0.538. The molecular formula is C13H17ClO2. The molecule has 0 saturated carbocycles. The molecule has 1 saturated heterocycles. The minimum Gasteiger partial charge on any atom is -0.496 e. The lowest BCUT2D eigenvalue weighted by atomic mass is 9.77. The minimum absolute atomic E-state index is 0.0165. The second-order valence-corrected chi connectivity index (χ2v) is 4.81. The normalized spacial score (nSPS) is 18.0. The van der Waals surface area contributed by atoms with Crippen molar-refractivity contribution in [3.63, 3.8) is 0 Å². The van der Waals surface area contributed by atoms with Gasteiger partial charge < -0.3 is 9.47 Å². The highest BCUT2D eigenvalue weighted by molar-refractivity contribution is 6.18. The van der Waals surface area contributed by atoms with Crippen molar-refractivity contribution in [2.75, 3.05) is 26.2 Å². The monoisotopic (exact) mass is 240 g/mol. The number of methoxy groups -OCH3 is 1. The van der Waals surface area contributed by atoms with E-state index in [4.69, 9.17) is 21.1 Å². The smallest absolute Gasteiger partial charge is 0.122 e. The maximum Gasteiger partial charge on any atom is 0.122 e. The van der Waals surface area contributed by atoms with Gasteiger partial charge in [0.1, 0.15) is 5.75 Å². The van der Waals surface area contributed by atoms with Crippen molar-refractivity contribution < 1.29 is 9.47 Å². The molecule has 1 aliphatic rings. The van der Waals surface area contributed by atoms with Gasteiger partial charge in [0.05, 0.1) is 25.7 Å². The van der Waals surface area contributed by atoms with Crippen LogP contribution < -0.4 is 4.74 Å². The zero-order valence-corrected chi connectivity index (χ0v) is 10.7. The van der Waals surface area contributed by atoms with E-state index in [0.717, 1.165) is 24.5 Å². The van der Waals surface area contributed by atoms with E-state index in [0.29, 0.717) is 5.88 Å². The second kappa shape index (κ2) is 4.27. The van der Waals surface area contributed by atoms with E-state index in [2.05, 4.69) is 26.0 Å². The Bertz CT molecular complexity index is 392. The minimum atomic E-state index is 0.0165. The number of rotatable bonds is 3. The van der Waals surface area contributed by atoms with Crippen LogP contribution in [0.4, 0.5) is 0 Å². The average molecular weight is 241 g/mol. The number of hydrogen-bond acceptors (Lipinski definition) is 2. The van der Waals surface area contributed by atoms with Gasteiger partial charge in [0.2, 0.25) is 0 Å². The highest BCUT2D eigenvalue weighted by Crippen LogP contribution is 2.37. The van der Waals surface area contributed by atoms with Gasteiger partial charge in [-0.25, -0.2) is 0 Å². The first kappa shape index (κ1) is 11.7. The van der Waals surface area contributed by atoms with Crippen LogP contribution in [0, 0.1) is 13.8 Å². The largest absolute Gasteiger partial charge is 0.496 e. The Morgan fingerprint density at radius 2 is 2.00 bits per heavy atom. The highest BCUT2D eigenvalue weighted by Gasteiger charge is 2.40. The van der Waals surface area contributed by atoms with Crippen LogP contribution in [0.1, 0.15) is 16.7 Å². The molecule has 1 aromatic rings. The number of alkyl halides is 1. The molecule has 0 radical (unpaired) electrons. The van der Waals surface area contributed by atoms with E-state index in [1.54, 1.807) is 7.11 Å². The van der Waals surface area contributed by atoms with E-state index >= 15 is 0 Å². The van der Waals surface area contributed by atoms with Crippen molar-refractivity contribution in [3.05, 3.63) is 28.8 Å². The molecule has 2 nitrogen and oxygen atoms in total. The van der Waals surface area contributed by atoms with Crippen molar-refractivity contribution >= 4 is 11.6 Å². The van der Waals surface area contributed by atoms with Crippen molar-refractivity contribution in [1.29, 1.82) is 0 Å². The first-order chi connectivity index (χ1) is 7.63. The molecule has 0 spiro atoms. The van der Waals surface area contributed by atoms with Crippen LogP contribution in [0.2, 0.25) is 0 Å². The van der Waals surface area contributed by atoms with Gasteiger partial charge in [0, 0.05) is 5.88 Å². The summed E-state index contributed by atoms with van der Waals surface area (Å²) in [6.07, 6.45) is 0. The van der Waals surface area contributed by atoms with Gasteiger partial charge in [0.15, 0.2) is 0 Å². The number of halogens is 1. The molecule has 0 N–H and O–H groups in total. The topological polar surface area (TPSA) is 18.5 Å². The van der Waals surface area contributed by atoms with Crippen LogP contribution in [0.3, 0.4) is 0 Å². The summed E-state index contributed by atoms with van der Waals surface area (Å²) in [5, 5.41) is 0. The third-order valence-corrected chi connectivity index (χ3v) is 3.84. The molecule has 1 fully saturated rings. The predicted octanol–water partition coefficient (Wildman–Crippen LogP) is 2.82. The Labute approximate surface area is 102 Å². The molecule has 0 aromatic heterocycles. The molecule has 1 aliphatic heterocycles. The van der Waals surface area contributed by atoms with E-state index in [9.17, 15) is 0 Å². The van der Waals surface area contributed by atoms with Crippen LogP contribution >= 0.6 is 11.6 Å². The first-order valence-corrected chi connectivity index (χ1v) is 5.96. The lowest BCUT2D eigenvalue weighted by molar-refractivity contribution is -0.0483. The summed E-state index contributed by atoms with van der Waals surface area (Å²) in [4.78, 5) is 0. The number of ether oxygens (including phenoxy) is 2. The molecule has 0 unspecified atom stereocenters. The van der Waals surface area contributed by atoms with Crippen molar-refractivity contribution in [1.82, 2.24) is 0 Å². The Morgan fingerprint density at radius 3 is 2.44 bits per heavy atom. The SMILES string of the molecule is COc1cc(C)c(C2(CCl)COC2)cc1C. The lowest BCUT2D eigenvalue weighted by Crippen LogP contribution is -2.48. The summed E-state index contributed by atoms with van der Waals surface area (Å²) >= 11 is 6.08. The second-order valence-electron chi connectivity index (χ2n) is 4.54. The van der Waals surface area contributed by atoms with Gasteiger partial charge in [-0.15, -0.1) is 11.6 Å². The van der Waals surface area contributed by atoms with Crippen LogP contribution in [-0.4, -0.2) is 26.2 Å². The fourth-order valence-corrected chi connectivity index (χ4v) is 2.53. The van der Waals surface area contributed by atoms with Gasteiger partial charge in [-0.2, -0.15) is 0 Å². The van der Waals surface area contributed by atoms with Crippen molar-refractivity contribution in [2.24, 2.45) is 0 Å². The molecule has 1 heterocycles. The zero-order valence-electron chi connectivity index (χ0n) is 9.97. The van der Waals surface area contributed by atoms with Gasteiger partial charge in [-0.1, -0.05) is 6.07 Å². The van der Waals surface area contributed by atoms with Crippen LogP contribution in [0.25, 0.3) is 0 Å². The van der Waals surface area contributed by atoms with E-state index < -0.39 is 0 Å². The van der Waals surface area contributed by atoms with Gasteiger partial charge >= 0.3 is 0 Å². The molecule has 0 atom stereocenters. The summed E-state index contributed by atoms with van der Waals surface area (Å²) in [5.41, 5.74) is 3.70. The maximum atomic E-state index is 6.08. The molecule has 16 heavy (non-hydrogen) atoms. The van der Waals surface area contributed by atoms with E-state index in [1.165, 1.54) is 11.1 Å². The summed E-state index contributed by atoms with van der Waals surface area (Å²) in [6.45, 7) is 5.61. The molecule has 88 valence electrons. The zero-order chi connectivity index (χ0) is 11.8. The lowest BCUT2D eigenvalue weighted by Gasteiger charge is -2.41. The Kier molecular flexibility index (Phi) is 3.13. The molecular weight excluding hydrogens is 224 g/mol. The van der Waals surface area contributed by atoms with Gasteiger partial charge in [0.25, 0.3) is 0 Å². The quantitative estimate of drug-likeness (QED) is 0.757. The van der Waals surface area contributed by atoms with E-state index in [1.807, 2.05) is 0 Å². The molecule has 3 heteroatoms. The molecule has 1 aromatic carbocycles. The third kappa shape index (κ3) is 1.70. The molecule has 0 amide bonds.